The minimum atomic E-state index is -0.514. The predicted molar refractivity (Wildman–Crippen MR) is 242 cm³/mol. The van der Waals surface area contributed by atoms with E-state index in [2.05, 4.69) is 29.4 Å². The number of rotatable bonds is 20. The van der Waals surface area contributed by atoms with Gasteiger partial charge in [-0.1, -0.05) is 64.1 Å². The Kier molecular flexibility index (Phi) is 16.8. The van der Waals surface area contributed by atoms with Crippen molar-refractivity contribution in [3.8, 4) is 0 Å². The molecule has 0 radical (unpaired) electrons. The molecule has 61 heavy (non-hydrogen) atoms. The second-order valence-corrected chi connectivity index (χ2v) is 17.9. The third kappa shape index (κ3) is 13.1. The van der Waals surface area contributed by atoms with Crippen molar-refractivity contribution in [2.45, 2.75) is 104 Å². The zero-order valence-corrected chi connectivity index (χ0v) is 37.7. The Balaban J connectivity index is 1.23. The second-order valence-electron chi connectivity index (χ2n) is 16.8. The van der Waals surface area contributed by atoms with Gasteiger partial charge in [0, 0.05) is 55.3 Å². The van der Waals surface area contributed by atoms with Crippen LogP contribution in [0, 0.1) is 5.41 Å². The number of esters is 2. The van der Waals surface area contributed by atoms with Crippen molar-refractivity contribution >= 4 is 51.7 Å². The number of nitrogens with zero attached hydrogens (tertiary/aromatic N) is 2. The fourth-order valence-corrected chi connectivity index (χ4v) is 9.23. The van der Waals surface area contributed by atoms with E-state index in [0.717, 1.165) is 78.5 Å². The van der Waals surface area contributed by atoms with Crippen LogP contribution in [0.5, 0.6) is 0 Å². The van der Waals surface area contributed by atoms with Crippen LogP contribution in [0.4, 0.5) is 10.7 Å². The van der Waals surface area contributed by atoms with Crippen LogP contribution in [0.3, 0.4) is 0 Å². The van der Waals surface area contributed by atoms with Crippen molar-refractivity contribution in [1.29, 1.82) is 0 Å². The summed E-state index contributed by atoms with van der Waals surface area (Å²) < 4.78 is 9.62. The van der Waals surface area contributed by atoms with E-state index in [4.69, 9.17) is 9.47 Å². The van der Waals surface area contributed by atoms with Gasteiger partial charge in [-0.3, -0.25) is 24.1 Å². The monoisotopic (exact) mass is 850 g/mol. The molecule has 0 spiro atoms. The number of anilines is 2. The molecule has 3 aromatic carbocycles. The van der Waals surface area contributed by atoms with Crippen LogP contribution in [0.15, 0.2) is 72.8 Å². The number of carbonyl (C=O) groups excluding carboxylic acids is 5. The SMILES string of the molecule is CCC(CC)N(CCN(C)C(=O)CC(C)(C)CC(=O)OC)Cc1cccc(C(=O)Nc2sc3c(c2C(=O)Nc2ccc(CCc4ccc(C(=O)OC)cc4)cc2)CCCC3)c1. The number of ether oxygens (including phenoxy) is 2. The third-order valence-electron chi connectivity index (χ3n) is 11.6. The van der Waals surface area contributed by atoms with E-state index >= 15 is 0 Å². The molecule has 326 valence electrons. The van der Waals surface area contributed by atoms with Crippen molar-refractivity contribution in [3.63, 3.8) is 0 Å². The highest BCUT2D eigenvalue weighted by atomic mass is 32.1. The number of carbonyl (C=O) groups is 5. The molecule has 12 heteroatoms. The summed E-state index contributed by atoms with van der Waals surface area (Å²) in [5.41, 5.74) is 5.97. The molecule has 1 aromatic heterocycles. The molecule has 0 fully saturated rings. The van der Waals surface area contributed by atoms with E-state index in [1.807, 2.05) is 68.4 Å². The van der Waals surface area contributed by atoms with Gasteiger partial charge in [0.25, 0.3) is 11.8 Å². The lowest BCUT2D eigenvalue weighted by Gasteiger charge is -2.33. The minimum absolute atomic E-state index is 0.0210. The van der Waals surface area contributed by atoms with Gasteiger partial charge in [0.05, 0.1) is 31.8 Å². The maximum atomic E-state index is 14.0. The number of hydrogen-bond acceptors (Lipinski definition) is 9. The van der Waals surface area contributed by atoms with E-state index in [-0.39, 0.29) is 48.5 Å². The van der Waals surface area contributed by atoms with Crippen LogP contribution < -0.4 is 10.6 Å². The van der Waals surface area contributed by atoms with E-state index in [0.29, 0.717) is 47.0 Å². The van der Waals surface area contributed by atoms with Crippen molar-refractivity contribution < 1.29 is 33.4 Å². The van der Waals surface area contributed by atoms with E-state index in [1.165, 1.54) is 25.6 Å². The predicted octanol–water partition coefficient (Wildman–Crippen LogP) is 9.13. The Morgan fingerprint density at radius 3 is 2.05 bits per heavy atom. The molecule has 0 saturated carbocycles. The standard InChI is InChI=1S/C49H62N4O7S/c1-8-39(9-2)53(28-27-52(5)42(54)30-49(3,4)31-43(55)59-6)32-35-13-12-14-37(29-35)45(56)51-47-44(40-15-10-11-16-41(40)61-47)46(57)50-38-25-21-34(22-26-38)18-17-33-19-23-36(24-20-33)48(58)60-7/h12-14,19-26,29,39H,8-11,15-18,27-28,30-32H2,1-7H3,(H,50,57)(H,51,56). The fraction of sp³-hybridized carbons (Fsp3) is 0.449. The average molecular weight is 851 g/mol. The lowest BCUT2D eigenvalue weighted by molar-refractivity contribution is -0.143. The zero-order valence-electron chi connectivity index (χ0n) is 36.9. The number of likely N-dealkylation sites (N-methyl/N-ethyl adjacent to an activating group) is 1. The topological polar surface area (TPSA) is 134 Å². The summed E-state index contributed by atoms with van der Waals surface area (Å²) in [4.78, 5) is 70.0. The first kappa shape index (κ1) is 46.7. The summed E-state index contributed by atoms with van der Waals surface area (Å²) in [6.45, 7) is 9.91. The van der Waals surface area contributed by atoms with E-state index < -0.39 is 5.41 Å². The second kappa shape index (κ2) is 22.0. The normalized spacial score (nSPS) is 12.5. The van der Waals surface area contributed by atoms with Crippen LogP contribution >= 0.6 is 11.3 Å². The van der Waals surface area contributed by atoms with Gasteiger partial charge in [-0.15, -0.1) is 11.3 Å². The first-order valence-corrected chi connectivity index (χ1v) is 22.2. The quantitative estimate of drug-likeness (QED) is 0.0842. The van der Waals surface area contributed by atoms with Gasteiger partial charge in [0.15, 0.2) is 0 Å². The summed E-state index contributed by atoms with van der Waals surface area (Å²) in [7, 11) is 4.53. The largest absolute Gasteiger partial charge is 0.469 e. The van der Waals surface area contributed by atoms with Crippen LogP contribution in [0.25, 0.3) is 0 Å². The highest BCUT2D eigenvalue weighted by molar-refractivity contribution is 7.17. The Morgan fingerprint density at radius 2 is 1.41 bits per heavy atom. The highest BCUT2D eigenvalue weighted by Gasteiger charge is 2.29. The van der Waals surface area contributed by atoms with Crippen LogP contribution in [0.2, 0.25) is 0 Å². The molecule has 3 amide bonds. The molecule has 0 unspecified atom stereocenters. The number of nitrogens with one attached hydrogen (secondary N) is 2. The molecular weight excluding hydrogens is 789 g/mol. The number of amides is 3. The number of fused-ring (bicyclic) bond motifs is 1. The van der Waals surface area contributed by atoms with Gasteiger partial charge < -0.3 is 25.0 Å². The molecule has 11 nitrogen and oxygen atoms in total. The number of benzene rings is 3. The van der Waals surface area contributed by atoms with Crippen LogP contribution in [0.1, 0.15) is 124 Å². The maximum absolute atomic E-state index is 14.0. The number of methoxy groups -OCH3 is 2. The summed E-state index contributed by atoms with van der Waals surface area (Å²) in [5.74, 6) is -1.21. The lowest BCUT2D eigenvalue weighted by atomic mass is 9.85. The Morgan fingerprint density at radius 1 is 0.754 bits per heavy atom. The Hall–Kier alpha value is -5.33. The summed E-state index contributed by atoms with van der Waals surface area (Å²) in [6, 6.07) is 23.2. The molecule has 1 aliphatic rings. The molecule has 0 bridgehead atoms. The molecule has 2 N–H and O–H groups in total. The van der Waals surface area contributed by atoms with Gasteiger partial charge >= 0.3 is 11.9 Å². The van der Waals surface area contributed by atoms with Crippen LogP contribution in [-0.4, -0.2) is 79.9 Å². The summed E-state index contributed by atoms with van der Waals surface area (Å²) in [5, 5.41) is 6.78. The molecule has 0 saturated heterocycles. The van der Waals surface area contributed by atoms with Gasteiger partial charge in [0.1, 0.15) is 5.00 Å². The number of thiophene rings is 1. The molecule has 5 rings (SSSR count). The maximum Gasteiger partial charge on any atom is 0.337 e. The van der Waals surface area contributed by atoms with Crippen LogP contribution in [-0.2, 0) is 51.3 Å². The molecule has 0 atom stereocenters. The smallest absolute Gasteiger partial charge is 0.337 e. The molecular formula is C49H62N4O7S. The highest BCUT2D eigenvalue weighted by Crippen LogP contribution is 2.39. The first-order chi connectivity index (χ1) is 29.2. The van der Waals surface area contributed by atoms with Gasteiger partial charge in [0.2, 0.25) is 5.91 Å². The molecule has 0 aliphatic heterocycles. The van der Waals surface area contributed by atoms with Crippen molar-refractivity contribution in [2.75, 3.05) is 45.0 Å². The molecule has 1 aliphatic carbocycles. The van der Waals surface area contributed by atoms with E-state index in [9.17, 15) is 24.0 Å². The minimum Gasteiger partial charge on any atom is -0.469 e. The molecule has 1 heterocycles. The summed E-state index contributed by atoms with van der Waals surface area (Å²) in [6.07, 6.45) is 7.60. The van der Waals surface area contributed by atoms with Gasteiger partial charge in [-0.05, 0) is 115 Å². The molecule has 4 aromatic rings. The lowest BCUT2D eigenvalue weighted by Crippen LogP contribution is -2.41. The van der Waals surface area contributed by atoms with Crippen molar-refractivity contribution in [1.82, 2.24) is 9.80 Å². The number of hydrogen-bond donors (Lipinski definition) is 2. The Bertz CT molecular complexity index is 2140. The average Bonchev–Trinajstić information content (AvgIpc) is 3.62. The Labute approximate surface area is 365 Å². The van der Waals surface area contributed by atoms with Gasteiger partial charge in [-0.2, -0.15) is 0 Å². The number of aryl methyl sites for hydroxylation is 3. The zero-order chi connectivity index (χ0) is 44.1. The van der Waals surface area contributed by atoms with Crippen molar-refractivity contribution in [2.24, 2.45) is 5.41 Å². The fourth-order valence-electron chi connectivity index (χ4n) is 7.95. The van der Waals surface area contributed by atoms with Crippen molar-refractivity contribution in [3.05, 3.63) is 117 Å². The summed E-state index contributed by atoms with van der Waals surface area (Å²) >= 11 is 1.50. The van der Waals surface area contributed by atoms with E-state index in [1.54, 1.807) is 30.1 Å². The third-order valence-corrected chi connectivity index (χ3v) is 12.8. The first-order valence-electron chi connectivity index (χ1n) is 21.4. The van der Waals surface area contributed by atoms with Gasteiger partial charge in [-0.25, -0.2) is 4.79 Å².